The molecule has 0 fully saturated rings. The minimum atomic E-state index is -0.353. The Morgan fingerprint density at radius 3 is 2.52 bits per heavy atom. The molecule has 0 aliphatic rings. The number of hydrogen-bond acceptors (Lipinski definition) is 6. The zero-order valence-electron chi connectivity index (χ0n) is 15.9. The number of nitrogens with zero attached hydrogens (tertiary/aromatic N) is 3. The molecule has 7 heteroatoms. The van der Waals surface area contributed by atoms with Gasteiger partial charge in [0.05, 0.1) is 18.5 Å². The molecule has 7 nitrogen and oxygen atoms in total. The van der Waals surface area contributed by atoms with Crippen LogP contribution in [0, 0.1) is 6.92 Å². The Kier molecular flexibility index (Phi) is 5.03. The largest absolute Gasteiger partial charge is 0.479 e. The Morgan fingerprint density at radius 1 is 1.00 bits per heavy atom. The summed E-state index contributed by atoms with van der Waals surface area (Å²) in [5.41, 5.74) is 3.45. The van der Waals surface area contributed by atoms with Gasteiger partial charge in [-0.2, -0.15) is 0 Å². The normalized spacial score (nSPS) is 10.6. The summed E-state index contributed by atoms with van der Waals surface area (Å²) in [6.07, 6.45) is 1.69. The average Bonchev–Trinajstić information content (AvgIpc) is 3.16. The van der Waals surface area contributed by atoms with Gasteiger partial charge in [-0.3, -0.25) is 9.78 Å². The molecule has 1 N–H and O–H groups in total. The van der Waals surface area contributed by atoms with Gasteiger partial charge in [0, 0.05) is 11.8 Å². The van der Waals surface area contributed by atoms with Crippen molar-refractivity contribution in [1.29, 1.82) is 0 Å². The van der Waals surface area contributed by atoms with E-state index in [-0.39, 0.29) is 11.8 Å². The number of benzene rings is 1. The molecule has 0 unspecified atom stereocenters. The van der Waals surface area contributed by atoms with Gasteiger partial charge in [0.1, 0.15) is 22.7 Å². The van der Waals surface area contributed by atoms with E-state index < -0.39 is 0 Å². The smallest absolute Gasteiger partial charge is 0.261 e. The highest BCUT2D eigenvalue weighted by molar-refractivity contribution is 6.09. The molecule has 0 aliphatic heterocycles. The van der Waals surface area contributed by atoms with Gasteiger partial charge in [0.2, 0.25) is 5.88 Å². The standard InChI is InChI=1S/C22H18N4O3/c1-14-19(20(26-29-14)15-8-4-3-5-9-15)21(27)24-18-12-11-17(25-22(18)28-2)16-10-6-7-13-23-16/h3-13H,1-2H3,(H,24,27). The van der Waals surface area contributed by atoms with Crippen molar-refractivity contribution in [2.45, 2.75) is 6.92 Å². The quantitative estimate of drug-likeness (QED) is 0.548. The summed E-state index contributed by atoms with van der Waals surface area (Å²) in [7, 11) is 1.50. The van der Waals surface area contributed by atoms with E-state index in [2.05, 4.69) is 20.4 Å². The molecule has 0 saturated heterocycles. The van der Waals surface area contributed by atoms with Gasteiger partial charge in [0.15, 0.2) is 0 Å². The van der Waals surface area contributed by atoms with E-state index in [1.54, 1.807) is 25.3 Å². The third-order valence-electron chi connectivity index (χ3n) is 4.37. The predicted molar refractivity (Wildman–Crippen MR) is 109 cm³/mol. The number of carbonyl (C=O) groups excluding carboxylic acids is 1. The van der Waals surface area contributed by atoms with Crippen molar-refractivity contribution < 1.29 is 14.1 Å². The first-order valence-electron chi connectivity index (χ1n) is 8.97. The Bertz CT molecular complexity index is 1140. The SMILES string of the molecule is COc1nc(-c2ccccn2)ccc1NC(=O)c1c(-c2ccccc2)noc1C. The van der Waals surface area contributed by atoms with E-state index in [0.29, 0.717) is 34.1 Å². The van der Waals surface area contributed by atoms with Crippen LogP contribution in [0.3, 0.4) is 0 Å². The molecular weight excluding hydrogens is 368 g/mol. The van der Waals surface area contributed by atoms with Crippen molar-refractivity contribution >= 4 is 11.6 Å². The molecule has 0 aliphatic carbocycles. The minimum absolute atomic E-state index is 0.289. The first-order valence-corrected chi connectivity index (χ1v) is 8.97. The maximum Gasteiger partial charge on any atom is 0.261 e. The summed E-state index contributed by atoms with van der Waals surface area (Å²) in [5.74, 6) is 0.364. The number of aryl methyl sites for hydroxylation is 1. The van der Waals surface area contributed by atoms with E-state index >= 15 is 0 Å². The molecule has 3 aromatic heterocycles. The Hall–Kier alpha value is -4.00. The highest BCUT2D eigenvalue weighted by atomic mass is 16.5. The van der Waals surface area contributed by atoms with E-state index in [1.165, 1.54) is 7.11 Å². The van der Waals surface area contributed by atoms with Crippen molar-refractivity contribution in [2.75, 3.05) is 12.4 Å². The molecule has 4 rings (SSSR count). The fraction of sp³-hybridized carbons (Fsp3) is 0.0909. The second kappa shape index (κ2) is 7.93. The Balaban J connectivity index is 1.65. The molecule has 0 saturated carbocycles. The zero-order valence-corrected chi connectivity index (χ0v) is 15.9. The van der Waals surface area contributed by atoms with Gasteiger partial charge in [-0.15, -0.1) is 0 Å². The second-order valence-electron chi connectivity index (χ2n) is 6.25. The van der Waals surface area contributed by atoms with Crippen LogP contribution in [0.1, 0.15) is 16.1 Å². The van der Waals surface area contributed by atoms with Crippen molar-refractivity contribution in [2.24, 2.45) is 0 Å². The fourth-order valence-corrected chi connectivity index (χ4v) is 2.97. The molecular formula is C22H18N4O3. The Morgan fingerprint density at radius 2 is 1.79 bits per heavy atom. The summed E-state index contributed by atoms with van der Waals surface area (Å²) in [6.45, 7) is 1.70. The van der Waals surface area contributed by atoms with Crippen molar-refractivity contribution in [3.63, 3.8) is 0 Å². The van der Waals surface area contributed by atoms with Crippen LogP contribution < -0.4 is 10.1 Å². The van der Waals surface area contributed by atoms with Crippen molar-refractivity contribution in [3.05, 3.63) is 78.2 Å². The van der Waals surface area contributed by atoms with Gasteiger partial charge < -0.3 is 14.6 Å². The van der Waals surface area contributed by atoms with E-state index in [4.69, 9.17) is 9.26 Å². The summed E-state index contributed by atoms with van der Waals surface area (Å²) >= 11 is 0. The average molecular weight is 386 g/mol. The lowest BCUT2D eigenvalue weighted by Crippen LogP contribution is -2.14. The van der Waals surface area contributed by atoms with Crippen LogP contribution in [0.15, 0.2) is 71.4 Å². The van der Waals surface area contributed by atoms with Crippen LogP contribution in [0.2, 0.25) is 0 Å². The van der Waals surface area contributed by atoms with Gasteiger partial charge in [-0.1, -0.05) is 41.6 Å². The molecule has 0 atom stereocenters. The molecule has 1 amide bonds. The van der Waals surface area contributed by atoms with E-state index in [1.807, 2.05) is 48.5 Å². The fourth-order valence-electron chi connectivity index (χ4n) is 2.97. The molecule has 3 heterocycles. The summed E-state index contributed by atoms with van der Waals surface area (Å²) in [6, 6.07) is 18.5. The monoisotopic (exact) mass is 386 g/mol. The van der Waals surface area contributed by atoms with Crippen LogP contribution >= 0.6 is 0 Å². The van der Waals surface area contributed by atoms with Gasteiger partial charge in [0.25, 0.3) is 5.91 Å². The van der Waals surface area contributed by atoms with Crippen LogP contribution in [-0.4, -0.2) is 28.1 Å². The summed E-state index contributed by atoms with van der Waals surface area (Å²) in [5, 5.41) is 6.90. The number of nitrogens with one attached hydrogen (secondary N) is 1. The second-order valence-corrected chi connectivity index (χ2v) is 6.25. The number of carbonyl (C=O) groups is 1. The van der Waals surface area contributed by atoms with Crippen molar-refractivity contribution in [1.82, 2.24) is 15.1 Å². The topological polar surface area (TPSA) is 90.1 Å². The summed E-state index contributed by atoms with van der Waals surface area (Å²) in [4.78, 5) is 21.8. The summed E-state index contributed by atoms with van der Waals surface area (Å²) < 4.78 is 10.7. The van der Waals surface area contributed by atoms with Crippen LogP contribution in [0.25, 0.3) is 22.6 Å². The number of amides is 1. The molecule has 0 radical (unpaired) electrons. The predicted octanol–water partition coefficient (Wildman–Crippen LogP) is 4.37. The zero-order chi connectivity index (χ0) is 20.2. The van der Waals surface area contributed by atoms with E-state index in [9.17, 15) is 4.79 Å². The molecule has 4 aromatic rings. The first-order chi connectivity index (χ1) is 14.2. The number of anilines is 1. The third kappa shape index (κ3) is 3.70. The number of hydrogen-bond donors (Lipinski definition) is 1. The molecule has 1 aromatic carbocycles. The van der Waals surface area contributed by atoms with E-state index in [0.717, 1.165) is 5.56 Å². The number of ether oxygens (including phenoxy) is 1. The Labute approximate surface area is 167 Å². The molecule has 29 heavy (non-hydrogen) atoms. The molecule has 0 bridgehead atoms. The number of rotatable bonds is 5. The number of aromatic nitrogens is 3. The minimum Gasteiger partial charge on any atom is -0.479 e. The van der Waals surface area contributed by atoms with Gasteiger partial charge in [-0.25, -0.2) is 4.98 Å². The lowest BCUT2D eigenvalue weighted by atomic mass is 10.1. The van der Waals surface area contributed by atoms with Crippen molar-refractivity contribution in [3.8, 4) is 28.5 Å². The van der Waals surface area contributed by atoms with Crippen LogP contribution in [0.4, 0.5) is 5.69 Å². The lowest BCUT2D eigenvalue weighted by Gasteiger charge is -2.11. The highest BCUT2D eigenvalue weighted by Crippen LogP contribution is 2.29. The lowest BCUT2D eigenvalue weighted by molar-refractivity contribution is 0.102. The third-order valence-corrected chi connectivity index (χ3v) is 4.37. The van der Waals surface area contributed by atoms with Crippen LogP contribution in [0.5, 0.6) is 5.88 Å². The highest BCUT2D eigenvalue weighted by Gasteiger charge is 2.23. The maximum atomic E-state index is 13.0. The number of pyridine rings is 2. The first kappa shape index (κ1) is 18.4. The van der Waals surface area contributed by atoms with Crippen LogP contribution in [-0.2, 0) is 0 Å². The molecule has 0 spiro atoms. The van der Waals surface area contributed by atoms with Gasteiger partial charge in [-0.05, 0) is 31.2 Å². The maximum absolute atomic E-state index is 13.0. The number of methoxy groups -OCH3 is 1. The van der Waals surface area contributed by atoms with Gasteiger partial charge >= 0.3 is 0 Å². The molecule has 144 valence electrons.